The second-order valence-corrected chi connectivity index (χ2v) is 6.56. The Morgan fingerprint density at radius 1 is 1.19 bits per heavy atom. The second kappa shape index (κ2) is 6.13. The van der Waals surface area contributed by atoms with E-state index in [1.807, 2.05) is 12.1 Å². The maximum Gasteiger partial charge on any atom is 0.141 e. The van der Waals surface area contributed by atoms with Gasteiger partial charge in [0.15, 0.2) is 0 Å². The zero-order valence-electron chi connectivity index (χ0n) is 11.1. The summed E-state index contributed by atoms with van der Waals surface area (Å²) in [4.78, 5) is 1.11. The summed E-state index contributed by atoms with van der Waals surface area (Å²) in [6.07, 6.45) is 0. The molecule has 0 spiro atoms. The van der Waals surface area contributed by atoms with Gasteiger partial charge in [-0.25, -0.2) is 4.39 Å². The molecule has 0 unspecified atom stereocenters. The van der Waals surface area contributed by atoms with Crippen molar-refractivity contribution in [1.82, 2.24) is 0 Å². The van der Waals surface area contributed by atoms with Crippen LogP contribution < -0.4 is 10.5 Å². The molecule has 0 aliphatic rings. The fraction of sp³-hybridized carbons (Fsp3) is 0.125. The molecule has 1 aromatic heterocycles. The van der Waals surface area contributed by atoms with E-state index in [9.17, 15) is 4.39 Å². The van der Waals surface area contributed by atoms with Gasteiger partial charge in [-0.3, -0.25) is 0 Å². The van der Waals surface area contributed by atoms with Gasteiger partial charge in [-0.05, 0) is 39.5 Å². The molecule has 3 rings (SSSR count). The minimum atomic E-state index is -0.332. The molecule has 0 bridgehead atoms. The summed E-state index contributed by atoms with van der Waals surface area (Å²) in [6.45, 7) is 0.865. The van der Waals surface area contributed by atoms with Crippen molar-refractivity contribution in [2.24, 2.45) is 5.73 Å². The minimum absolute atomic E-state index is 0.332. The van der Waals surface area contributed by atoms with Gasteiger partial charge in [-0.1, -0.05) is 18.2 Å². The quantitative estimate of drug-likeness (QED) is 0.717. The molecule has 0 saturated heterocycles. The van der Waals surface area contributed by atoms with Crippen molar-refractivity contribution in [1.29, 1.82) is 0 Å². The molecule has 2 aromatic carbocycles. The van der Waals surface area contributed by atoms with Crippen molar-refractivity contribution >= 4 is 37.4 Å². The monoisotopic (exact) mass is 365 g/mol. The highest BCUT2D eigenvalue weighted by Gasteiger charge is 2.11. The fourth-order valence-electron chi connectivity index (χ4n) is 2.19. The molecule has 0 fully saturated rings. The number of ether oxygens (including phenoxy) is 1. The largest absolute Gasteiger partial charge is 0.489 e. The average molecular weight is 366 g/mol. The van der Waals surface area contributed by atoms with E-state index in [0.29, 0.717) is 23.4 Å². The van der Waals surface area contributed by atoms with Gasteiger partial charge < -0.3 is 10.5 Å². The van der Waals surface area contributed by atoms with E-state index in [0.717, 1.165) is 15.8 Å². The standard InChI is InChI=1S/C16H13BrFNOS/c17-13-6-5-10(7-14(13)18)20-9-12-11-3-1-2-4-15(11)21-16(12)8-19/h1-7H,8-9,19H2. The molecule has 0 aliphatic carbocycles. The van der Waals surface area contributed by atoms with Crippen molar-refractivity contribution in [3.05, 3.63) is 63.2 Å². The predicted octanol–water partition coefficient (Wildman–Crippen LogP) is 4.84. The van der Waals surface area contributed by atoms with Crippen LogP contribution in [-0.4, -0.2) is 0 Å². The Labute approximate surface area is 134 Å². The number of fused-ring (bicyclic) bond motifs is 1. The number of nitrogens with two attached hydrogens (primary N) is 1. The van der Waals surface area contributed by atoms with Crippen LogP contribution in [0.4, 0.5) is 4.39 Å². The lowest BCUT2D eigenvalue weighted by atomic mass is 10.1. The maximum absolute atomic E-state index is 13.5. The molecule has 0 atom stereocenters. The first-order chi connectivity index (χ1) is 10.2. The molecule has 0 aliphatic heterocycles. The Morgan fingerprint density at radius 3 is 2.76 bits per heavy atom. The third-order valence-electron chi connectivity index (χ3n) is 3.24. The van der Waals surface area contributed by atoms with E-state index in [1.54, 1.807) is 23.5 Å². The third kappa shape index (κ3) is 2.95. The molecule has 5 heteroatoms. The maximum atomic E-state index is 13.5. The molecule has 0 amide bonds. The van der Waals surface area contributed by atoms with Crippen LogP contribution in [-0.2, 0) is 13.2 Å². The Balaban J connectivity index is 1.89. The molecule has 21 heavy (non-hydrogen) atoms. The number of halogens is 2. The predicted molar refractivity (Wildman–Crippen MR) is 88.1 cm³/mol. The lowest BCUT2D eigenvalue weighted by molar-refractivity contribution is 0.305. The van der Waals surface area contributed by atoms with E-state index in [-0.39, 0.29) is 5.82 Å². The summed E-state index contributed by atoms with van der Waals surface area (Å²) in [5.74, 6) is 0.177. The van der Waals surface area contributed by atoms with E-state index >= 15 is 0 Å². The third-order valence-corrected chi connectivity index (χ3v) is 5.12. The van der Waals surface area contributed by atoms with Crippen LogP contribution in [0.25, 0.3) is 10.1 Å². The molecule has 108 valence electrons. The molecular formula is C16H13BrFNOS. The van der Waals surface area contributed by atoms with Gasteiger partial charge >= 0.3 is 0 Å². The zero-order chi connectivity index (χ0) is 14.8. The minimum Gasteiger partial charge on any atom is -0.489 e. The number of benzene rings is 2. The highest BCUT2D eigenvalue weighted by molar-refractivity contribution is 9.10. The number of hydrogen-bond donors (Lipinski definition) is 1. The number of hydrogen-bond acceptors (Lipinski definition) is 3. The van der Waals surface area contributed by atoms with Crippen LogP contribution in [0.1, 0.15) is 10.4 Å². The summed E-state index contributed by atoms with van der Waals surface area (Å²) in [7, 11) is 0. The van der Waals surface area contributed by atoms with Gasteiger partial charge in [0, 0.05) is 27.8 Å². The highest BCUT2D eigenvalue weighted by atomic mass is 79.9. The van der Waals surface area contributed by atoms with E-state index in [1.165, 1.54) is 10.8 Å². The SMILES string of the molecule is NCc1sc2ccccc2c1COc1ccc(Br)c(F)c1. The molecule has 0 saturated carbocycles. The lowest BCUT2D eigenvalue weighted by Crippen LogP contribution is -2.01. The average Bonchev–Trinajstić information content (AvgIpc) is 2.86. The summed E-state index contributed by atoms with van der Waals surface area (Å²) in [6, 6.07) is 12.9. The Bertz CT molecular complexity index is 787. The molecular weight excluding hydrogens is 353 g/mol. The van der Waals surface area contributed by atoms with Gasteiger partial charge in [-0.15, -0.1) is 11.3 Å². The van der Waals surface area contributed by atoms with E-state index in [2.05, 4.69) is 28.1 Å². The normalized spacial score (nSPS) is 11.0. The summed E-state index contributed by atoms with van der Waals surface area (Å²) >= 11 is 4.81. The molecule has 3 aromatic rings. The Kier molecular flexibility index (Phi) is 4.24. The lowest BCUT2D eigenvalue weighted by Gasteiger charge is -2.08. The van der Waals surface area contributed by atoms with Gasteiger partial charge in [-0.2, -0.15) is 0 Å². The van der Waals surface area contributed by atoms with Gasteiger partial charge in [0.05, 0.1) is 4.47 Å². The Hall–Kier alpha value is -1.43. The summed E-state index contributed by atoms with van der Waals surface area (Å²) in [5.41, 5.74) is 6.90. The zero-order valence-corrected chi connectivity index (χ0v) is 13.5. The van der Waals surface area contributed by atoms with Crippen LogP contribution in [0.15, 0.2) is 46.9 Å². The van der Waals surface area contributed by atoms with Crippen LogP contribution >= 0.6 is 27.3 Å². The topological polar surface area (TPSA) is 35.2 Å². The van der Waals surface area contributed by atoms with Crippen molar-refractivity contribution in [2.75, 3.05) is 0 Å². The van der Waals surface area contributed by atoms with E-state index < -0.39 is 0 Å². The van der Waals surface area contributed by atoms with Crippen molar-refractivity contribution in [3.63, 3.8) is 0 Å². The first-order valence-electron chi connectivity index (χ1n) is 6.46. The van der Waals surface area contributed by atoms with Crippen LogP contribution in [0.5, 0.6) is 5.75 Å². The number of thiophene rings is 1. The van der Waals surface area contributed by atoms with Crippen LogP contribution in [0, 0.1) is 5.82 Å². The smallest absolute Gasteiger partial charge is 0.141 e. The first-order valence-corrected chi connectivity index (χ1v) is 8.07. The Morgan fingerprint density at radius 2 is 2.00 bits per heavy atom. The first kappa shape index (κ1) is 14.5. The fourth-order valence-corrected chi connectivity index (χ4v) is 3.53. The summed E-state index contributed by atoms with van der Waals surface area (Å²) < 4.78 is 20.8. The van der Waals surface area contributed by atoms with Crippen molar-refractivity contribution < 1.29 is 9.13 Å². The van der Waals surface area contributed by atoms with Crippen molar-refractivity contribution in [2.45, 2.75) is 13.2 Å². The molecule has 2 nitrogen and oxygen atoms in total. The number of rotatable bonds is 4. The van der Waals surface area contributed by atoms with Gasteiger partial charge in [0.25, 0.3) is 0 Å². The van der Waals surface area contributed by atoms with Gasteiger partial charge in [0.2, 0.25) is 0 Å². The molecule has 2 N–H and O–H groups in total. The van der Waals surface area contributed by atoms with Gasteiger partial charge in [0.1, 0.15) is 18.2 Å². The summed E-state index contributed by atoms with van der Waals surface area (Å²) in [5, 5.41) is 1.15. The molecule has 0 radical (unpaired) electrons. The highest BCUT2D eigenvalue weighted by Crippen LogP contribution is 2.32. The van der Waals surface area contributed by atoms with E-state index in [4.69, 9.17) is 10.5 Å². The molecule has 1 heterocycles. The van der Waals surface area contributed by atoms with Crippen LogP contribution in [0.2, 0.25) is 0 Å². The van der Waals surface area contributed by atoms with Crippen molar-refractivity contribution in [3.8, 4) is 5.75 Å². The second-order valence-electron chi connectivity index (χ2n) is 4.57. The van der Waals surface area contributed by atoms with Crippen LogP contribution in [0.3, 0.4) is 0 Å².